The van der Waals surface area contributed by atoms with E-state index in [9.17, 15) is 4.79 Å². The van der Waals surface area contributed by atoms with Gasteiger partial charge in [0.2, 0.25) is 11.7 Å². The highest BCUT2D eigenvalue weighted by Crippen LogP contribution is 2.28. The first-order valence-corrected chi connectivity index (χ1v) is 7.84. The number of imidazole rings is 1. The Kier molecular flexibility index (Phi) is 3.23. The molecule has 1 aliphatic heterocycles. The van der Waals surface area contributed by atoms with Crippen LogP contribution in [-0.2, 0) is 6.54 Å². The Morgan fingerprint density at radius 3 is 2.92 bits per heavy atom. The highest BCUT2D eigenvalue weighted by Gasteiger charge is 2.25. The summed E-state index contributed by atoms with van der Waals surface area (Å²) < 4.78 is 7.19. The number of hydrogen-bond donors (Lipinski definition) is 1. The molecule has 1 N–H and O–H groups in total. The lowest BCUT2D eigenvalue weighted by Gasteiger charge is -2.08. The average Bonchev–Trinajstić information content (AvgIpc) is 3.16. The van der Waals surface area contributed by atoms with Crippen molar-refractivity contribution in [2.45, 2.75) is 33.2 Å². The van der Waals surface area contributed by atoms with Crippen LogP contribution >= 0.6 is 0 Å². The quantitative estimate of drug-likeness (QED) is 0.783. The lowest BCUT2D eigenvalue weighted by atomic mass is 10.1. The van der Waals surface area contributed by atoms with E-state index in [-0.39, 0.29) is 11.8 Å². The lowest BCUT2D eigenvalue weighted by Crippen LogP contribution is -2.21. The number of aromatic nitrogens is 4. The number of fused-ring (bicyclic) bond motifs is 3. The van der Waals surface area contributed by atoms with Crippen molar-refractivity contribution in [1.82, 2.24) is 25.0 Å². The Bertz CT molecular complexity index is 938. The lowest BCUT2D eigenvalue weighted by molar-refractivity contribution is 0.0952. The molecule has 0 saturated carbocycles. The second kappa shape index (κ2) is 5.30. The van der Waals surface area contributed by atoms with Crippen molar-refractivity contribution in [3.8, 4) is 17.2 Å². The summed E-state index contributed by atoms with van der Waals surface area (Å²) in [6.07, 6.45) is 1.70. The third kappa shape index (κ3) is 2.20. The highest BCUT2D eigenvalue weighted by molar-refractivity contribution is 5.98. The summed E-state index contributed by atoms with van der Waals surface area (Å²) >= 11 is 0. The summed E-state index contributed by atoms with van der Waals surface area (Å²) in [4.78, 5) is 21.2. The fourth-order valence-corrected chi connectivity index (χ4v) is 2.80. The number of benzene rings is 1. The first-order valence-electron chi connectivity index (χ1n) is 7.84. The maximum Gasteiger partial charge on any atom is 0.253 e. The van der Waals surface area contributed by atoms with Gasteiger partial charge in [0, 0.05) is 5.92 Å². The van der Waals surface area contributed by atoms with Gasteiger partial charge in [-0.3, -0.25) is 9.36 Å². The van der Waals surface area contributed by atoms with Gasteiger partial charge in [-0.2, -0.15) is 4.98 Å². The Hall–Kier alpha value is -2.96. The van der Waals surface area contributed by atoms with Crippen molar-refractivity contribution in [1.29, 1.82) is 0 Å². The number of amides is 1. The van der Waals surface area contributed by atoms with E-state index in [2.05, 4.69) is 20.4 Å². The van der Waals surface area contributed by atoms with Crippen molar-refractivity contribution in [3.05, 3.63) is 47.2 Å². The standard InChI is InChI=1S/C17H17N5O2/c1-9(2)17-20-15(21-24-17)14-13-7-18-16(23)11-6-10(3)4-5-12(11)22(13)8-19-14/h4-6,8-9H,7H2,1-3H3,(H,18,23). The number of nitrogens with zero attached hydrogens (tertiary/aromatic N) is 4. The van der Waals surface area contributed by atoms with Gasteiger partial charge in [0.25, 0.3) is 5.91 Å². The zero-order valence-corrected chi connectivity index (χ0v) is 13.7. The third-order valence-electron chi connectivity index (χ3n) is 4.09. The van der Waals surface area contributed by atoms with E-state index < -0.39 is 0 Å². The first-order chi connectivity index (χ1) is 11.5. The van der Waals surface area contributed by atoms with Crippen LogP contribution in [0.2, 0.25) is 0 Å². The molecule has 7 heteroatoms. The minimum Gasteiger partial charge on any atom is -0.346 e. The summed E-state index contributed by atoms with van der Waals surface area (Å²) in [5, 5.41) is 6.96. The van der Waals surface area contributed by atoms with Gasteiger partial charge < -0.3 is 9.84 Å². The summed E-state index contributed by atoms with van der Waals surface area (Å²) in [6, 6.07) is 5.79. The molecule has 1 aliphatic rings. The topological polar surface area (TPSA) is 85.8 Å². The van der Waals surface area contributed by atoms with Crippen LogP contribution < -0.4 is 5.32 Å². The molecule has 4 rings (SSSR count). The second-order valence-corrected chi connectivity index (χ2v) is 6.22. The largest absolute Gasteiger partial charge is 0.346 e. The molecule has 0 aliphatic carbocycles. The number of carbonyl (C=O) groups excluding carboxylic acids is 1. The van der Waals surface area contributed by atoms with Crippen molar-refractivity contribution < 1.29 is 9.32 Å². The van der Waals surface area contributed by atoms with Gasteiger partial charge in [-0.15, -0.1) is 0 Å². The van der Waals surface area contributed by atoms with Crippen LogP contribution in [0.3, 0.4) is 0 Å². The van der Waals surface area contributed by atoms with Crippen molar-refractivity contribution in [2.24, 2.45) is 0 Å². The fourth-order valence-electron chi connectivity index (χ4n) is 2.80. The Morgan fingerprint density at radius 2 is 2.17 bits per heavy atom. The number of aryl methyl sites for hydroxylation is 1. The molecular formula is C17H17N5O2. The van der Waals surface area contributed by atoms with E-state index >= 15 is 0 Å². The molecule has 122 valence electrons. The molecule has 0 bridgehead atoms. The molecule has 7 nitrogen and oxygen atoms in total. The predicted octanol–water partition coefficient (Wildman–Crippen LogP) is 2.60. The van der Waals surface area contributed by atoms with E-state index in [1.54, 1.807) is 6.33 Å². The zero-order valence-electron chi connectivity index (χ0n) is 13.7. The van der Waals surface area contributed by atoms with Gasteiger partial charge in [-0.1, -0.05) is 30.6 Å². The second-order valence-electron chi connectivity index (χ2n) is 6.22. The minimum atomic E-state index is -0.0978. The molecule has 2 aromatic heterocycles. The number of hydrogen-bond acceptors (Lipinski definition) is 5. The van der Waals surface area contributed by atoms with Crippen LogP contribution in [0.1, 0.15) is 47.3 Å². The van der Waals surface area contributed by atoms with Crippen LogP contribution in [0.5, 0.6) is 0 Å². The SMILES string of the molecule is Cc1ccc2c(c1)C(=O)NCc1c(-c3noc(C(C)C)n3)ncn1-2. The molecule has 0 atom stereocenters. The predicted molar refractivity (Wildman–Crippen MR) is 86.9 cm³/mol. The van der Waals surface area contributed by atoms with Crippen LogP contribution in [0.25, 0.3) is 17.2 Å². The minimum absolute atomic E-state index is 0.0978. The number of carbonyl (C=O) groups is 1. The maximum atomic E-state index is 12.4. The summed E-state index contributed by atoms with van der Waals surface area (Å²) in [6.45, 7) is 6.30. The number of nitrogens with one attached hydrogen (secondary N) is 1. The Morgan fingerprint density at radius 1 is 1.33 bits per heavy atom. The molecule has 0 radical (unpaired) electrons. The van der Waals surface area contributed by atoms with Crippen LogP contribution in [-0.4, -0.2) is 25.6 Å². The van der Waals surface area contributed by atoms with Gasteiger partial charge >= 0.3 is 0 Å². The summed E-state index contributed by atoms with van der Waals surface area (Å²) in [5.74, 6) is 1.06. The molecule has 1 aromatic carbocycles. The van der Waals surface area contributed by atoms with Gasteiger partial charge in [-0.05, 0) is 19.1 Å². The van der Waals surface area contributed by atoms with Crippen molar-refractivity contribution >= 4 is 5.91 Å². The third-order valence-corrected chi connectivity index (χ3v) is 4.09. The monoisotopic (exact) mass is 323 g/mol. The highest BCUT2D eigenvalue weighted by atomic mass is 16.5. The van der Waals surface area contributed by atoms with E-state index in [1.807, 2.05) is 43.5 Å². The van der Waals surface area contributed by atoms with Gasteiger partial charge in [0.15, 0.2) is 0 Å². The molecule has 1 amide bonds. The molecule has 3 aromatic rings. The molecule has 0 saturated heterocycles. The average molecular weight is 323 g/mol. The van der Waals surface area contributed by atoms with Crippen molar-refractivity contribution in [3.63, 3.8) is 0 Å². The maximum absolute atomic E-state index is 12.4. The van der Waals surface area contributed by atoms with Crippen LogP contribution in [0.4, 0.5) is 0 Å². The van der Waals surface area contributed by atoms with Gasteiger partial charge in [-0.25, -0.2) is 4.98 Å². The first kappa shape index (κ1) is 14.6. The molecule has 0 fully saturated rings. The Labute approximate surface area is 138 Å². The summed E-state index contributed by atoms with van der Waals surface area (Å²) in [7, 11) is 0. The van der Waals surface area contributed by atoms with E-state index in [4.69, 9.17) is 4.52 Å². The molecule has 0 spiro atoms. The molecule has 0 unspecified atom stereocenters. The zero-order chi connectivity index (χ0) is 16.8. The van der Waals surface area contributed by atoms with E-state index in [1.165, 1.54) is 0 Å². The number of rotatable bonds is 2. The van der Waals surface area contributed by atoms with Gasteiger partial charge in [0.05, 0.1) is 23.5 Å². The molecular weight excluding hydrogens is 306 g/mol. The van der Waals surface area contributed by atoms with Crippen LogP contribution in [0, 0.1) is 6.92 Å². The molecule has 3 heterocycles. The summed E-state index contributed by atoms with van der Waals surface area (Å²) in [5.41, 5.74) is 3.93. The smallest absolute Gasteiger partial charge is 0.253 e. The molecule has 24 heavy (non-hydrogen) atoms. The Balaban J connectivity index is 1.86. The fraction of sp³-hybridized carbons (Fsp3) is 0.294. The van der Waals surface area contributed by atoms with E-state index in [0.717, 1.165) is 16.9 Å². The van der Waals surface area contributed by atoms with Crippen LogP contribution in [0.15, 0.2) is 29.0 Å². The van der Waals surface area contributed by atoms with Crippen molar-refractivity contribution in [2.75, 3.05) is 0 Å². The normalized spacial score (nSPS) is 13.4. The van der Waals surface area contributed by atoms with Gasteiger partial charge in [0.1, 0.15) is 12.0 Å². The van der Waals surface area contributed by atoms with E-state index in [0.29, 0.717) is 29.5 Å².